The molecule has 0 saturated carbocycles. The van der Waals surface area contributed by atoms with Gasteiger partial charge in [-0.3, -0.25) is 10.1 Å². The summed E-state index contributed by atoms with van der Waals surface area (Å²) in [5.41, 5.74) is 0.837. The Morgan fingerprint density at radius 3 is 2.82 bits per heavy atom. The standard InChI is InChI=1S/C15H17N3O3S/c1-4-21-12-7-5-11(9-13(12)20-3)6-8-14(19)16-15-18-17-10(2)22-15/h5-9H,4H2,1-3H3,(H,16,18,19). The van der Waals surface area contributed by atoms with E-state index in [1.54, 1.807) is 13.2 Å². The molecule has 0 aliphatic heterocycles. The third kappa shape index (κ3) is 4.29. The van der Waals surface area contributed by atoms with Crippen LogP contribution in [-0.4, -0.2) is 29.8 Å². The number of aromatic nitrogens is 2. The van der Waals surface area contributed by atoms with Gasteiger partial charge in [0.1, 0.15) is 5.01 Å². The Kier molecular flexibility index (Phi) is 5.48. The summed E-state index contributed by atoms with van der Waals surface area (Å²) in [5, 5.41) is 11.6. The first-order chi connectivity index (χ1) is 10.6. The van der Waals surface area contributed by atoms with Crippen molar-refractivity contribution in [2.75, 3.05) is 19.0 Å². The Hall–Kier alpha value is -2.41. The minimum atomic E-state index is -0.260. The summed E-state index contributed by atoms with van der Waals surface area (Å²) in [6.07, 6.45) is 3.13. The quantitative estimate of drug-likeness (QED) is 0.829. The van der Waals surface area contributed by atoms with Crippen molar-refractivity contribution in [3.63, 3.8) is 0 Å². The van der Waals surface area contributed by atoms with Gasteiger partial charge >= 0.3 is 0 Å². The number of hydrogen-bond donors (Lipinski definition) is 1. The Morgan fingerprint density at radius 2 is 2.18 bits per heavy atom. The van der Waals surface area contributed by atoms with Gasteiger partial charge in [0.05, 0.1) is 13.7 Å². The van der Waals surface area contributed by atoms with Gasteiger partial charge in [0.15, 0.2) is 11.5 Å². The molecule has 0 radical (unpaired) electrons. The van der Waals surface area contributed by atoms with E-state index in [4.69, 9.17) is 9.47 Å². The molecule has 116 valence electrons. The molecule has 0 aliphatic carbocycles. The highest BCUT2D eigenvalue weighted by molar-refractivity contribution is 7.15. The van der Waals surface area contributed by atoms with Gasteiger partial charge in [-0.25, -0.2) is 0 Å². The highest BCUT2D eigenvalue weighted by Crippen LogP contribution is 2.28. The van der Waals surface area contributed by atoms with Crippen molar-refractivity contribution < 1.29 is 14.3 Å². The number of ether oxygens (including phenoxy) is 2. The number of rotatable bonds is 6. The van der Waals surface area contributed by atoms with E-state index in [1.165, 1.54) is 17.4 Å². The second kappa shape index (κ2) is 7.56. The molecule has 0 atom stereocenters. The van der Waals surface area contributed by atoms with Crippen molar-refractivity contribution in [3.8, 4) is 11.5 Å². The Labute approximate surface area is 132 Å². The van der Waals surface area contributed by atoms with Gasteiger partial charge in [0.2, 0.25) is 11.0 Å². The molecule has 1 aromatic heterocycles. The fraction of sp³-hybridized carbons (Fsp3) is 0.267. The molecule has 22 heavy (non-hydrogen) atoms. The van der Waals surface area contributed by atoms with Crippen molar-refractivity contribution in [2.24, 2.45) is 0 Å². The minimum absolute atomic E-state index is 0.260. The first-order valence-corrected chi connectivity index (χ1v) is 7.54. The molecule has 1 heterocycles. The van der Waals surface area contributed by atoms with Gasteiger partial charge in [-0.1, -0.05) is 17.4 Å². The fourth-order valence-electron chi connectivity index (χ4n) is 1.73. The maximum absolute atomic E-state index is 11.8. The zero-order valence-corrected chi connectivity index (χ0v) is 13.4. The van der Waals surface area contributed by atoms with Crippen molar-refractivity contribution in [1.82, 2.24) is 10.2 Å². The number of carbonyl (C=O) groups is 1. The summed E-state index contributed by atoms with van der Waals surface area (Å²) < 4.78 is 10.7. The van der Waals surface area contributed by atoms with Crippen molar-refractivity contribution in [2.45, 2.75) is 13.8 Å². The summed E-state index contributed by atoms with van der Waals surface area (Å²) in [7, 11) is 1.58. The van der Waals surface area contributed by atoms with E-state index >= 15 is 0 Å². The fourth-order valence-corrected chi connectivity index (χ4v) is 2.32. The average molecular weight is 319 g/mol. The average Bonchev–Trinajstić information content (AvgIpc) is 2.91. The van der Waals surface area contributed by atoms with Crippen LogP contribution in [0.15, 0.2) is 24.3 Å². The number of hydrogen-bond acceptors (Lipinski definition) is 6. The van der Waals surface area contributed by atoms with E-state index in [0.29, 0.717) is 23.2 Å². The van der Waals surface area contributed by atoms with Gasteiger partial charge < -0.3 is 9.47 Å². The first kappa shape index (κ1) is 16.0. The number of nitrogens with one attached hydrogen (secondary N) is 1. The van der Waals surface area contributed by atoms with Crippen LogP contribution in [0.2, 0.25) is 0 Å². The highest BCUT2D eigenvalue weighted by atomic mass is 32.1. The van der Waals surface area contributed by atoms with Crippen molar-refractivity contribution in [3.05, 3.63) is 34.8 Å². The van der Waals surface area contributed by atoms with E-state index in [9.17, 15) is 4.79 Å². The number of aryl methyl sites for hydroxylation is 1. The number of amides is 1. The van der Waals surface area contributed by atoms with Crippen LogP contribution in [0.4, 0.5) is 5.13 Å². The molecule has 7 heteroatoms. The molecule has 0 saturated heterocycles. The minimum Gasteiger partial charge on any atom is -0.493 e. The molecule has 1 amide bonds. The van der Waals surface area contributed by atoms with E-state index in [0.717, 1.165) is 10.6 Å². The molecule has 2 rings (SSSR count). The molecule has 0 spiro atoms. The zero-order valence-electron chi connectivity index (χ0n) is 12.6. The second-order valence-corrected chi connectivity index (χ2v) is 5.47. The Morgan fingerprint density at radius 1 is 1.36 bits per heavy atom. The first-order valence-electron chi connectivity index (χ1n) is 6.72. The summed E-state index contributed by atoms with van der Waals surface area (Å²) in [6.45, 7) is 4.30. The molecule has 0 unspecified atom stereocenters. The predicted molar refractivity (Wildman–Crippen MR) is 86.5 cm³/mol. The predicted octanol–water partition coefficient (Wildman–Crippen LogP) is 2.91. The van der Waals surface area contributed by atoms with Crippen LogP contribution in [-0.2, 0) is 4.79 Å². The molecule has 0 aliphatic rings. The molecule has 6 nitrogen and oxygen atoms in total. The highest BCUT2D eigenvalue weighted by Gasteiger charge is 2.05. The lowest BCUT2D eigenvalue weighted by Crippen LogP contribution is -2.07. The SMILES string of the molecule is CCOc1ccc(C=CC(=O)Nc2nnc(C)s2)cc1OC. The van der Waals surface area contributed by atoms with Crippen LogP contribution >= 0.6 is 11.3 Å². The largest absolute Gasteiger partial charge is 0.493 e. The Balaban J connectivity index is 2.04. The molecule has 2 aromatic rings. The van der Waals surface area contributed by atoms with Gasteiger partial charge in [-0.05, 0) is 37.6 Å². The third-order valence-corrected chi connectivity index (χ3v) is 3.42. The van der Waals surface area contributed by atoms with E-state index < -0.39 is 0 Å². The lowest BCUT2D eigenvalue weighted by Gasteiger charge is -2.09. The summed E-state index contributed by atoms with van der Waals surface area (Å²) >= 11 is 1.33. The molecule has 0 fully saturated rings. The summed E-state index contributed by atoms with van der Waals surface area (Å²) in [6, 6.07) is 5.48. The Bertz CT molecular complexity index is 682. The molecular formula is C15H17N3O3S. The van der Waals surface area contributed by atoms with E-state index in [2.05, 4.69) is 15.5 Å². The van der Waals surface area contributed by atoms with Crippen LogP contribution in [0.3, 0.4) is 0 Å². The molecule has 1 aromatic carbocycles. The lowest BCUT2D eigenvalue weighted by atomic mass is 10.2. The number of benzene rings is 1. The number of nitrogens with zero attached hydrogens (tertiary/aromatic N) is 2. The smallest absolute Gasteiger partial charge is 0.250 e. The van der Waals surface area contributed by atoms with Gasteiger partial charge in [0.25, 0.3) is 0 Å². The maximum Gasteiger partial charge on any atom is 0.250 e. The number of anilines is 1. The monoisotopic (exact) mass is 319 g/mol. The maximum atomic E-state index is 11.8. The normalized spacial score (nSPS) is 10.7. The van der Waals surface area contributed by atoms with Crippen molar-refractivity contribution >= 4 is 28.5 Å². The van der Waals surface area contributed by atoms with Gasteiger partial charge in [-0.15, -0.1) is 10.2 Å². The molecule has 0 bridgehead atoms. The second-order valence-electron chi connectivity index (χ2n) is 4.29. The van der Waals surface area contributed by atoms with Crippen LogP contribution < -0.4 is 14.8 Å². The zero-order chi connectivity index (χ0) is 15.9. The van der Waals surface area contributed by atoms with E-state index in [-0.39, 0.29) is 5.91 Å². The van der Waals surface area contributed by atoms with E-state index in [1.807, 2.05) is 32.0 Å². The van der Waals surface area contributed by atoms with Crippen LogP contribution in [0.5, 0.6) is 11.5 Å². The summed E-state index contributed by atoms with van der Waals surface area (Å²) in [4.78, 5) is 11.8. The van der Waals surface area contributed by atoms with Crippen molar-refractivity contribution in [1.29, 1.82) is 0 Å². The van der Waals surface area contributed by atoms with Gasteiger partial charge in [-0.2, -0.15) is 0 Å². The number of methoxy groups -OCH3 is 1. The molecular weight excluding hydrogens is 302 g/mol. The lowest BCUT2D eigenvalue weighted by molar-refractivity contribution is -0.111. The van der Waals surface area contributed by atoms with Crippen LogP contribution in [0.25, 0.3) is 6.08 Å². The van der Waals surface area contributed by atoms with Gasteiger partial charge in [0, 0.05) is 6.08 Å². The third-order valence-electron chi connectivity index (χ3n) is 2.67. The number of carbonyl (C=O) groups excluding carboxylic acids is 1. The summed E-state index contributed by atoms with van der Waals surface area (Å²) in [5.74, 6) is 1.05. The molecule has 1 N–H and O–H groups in total. The van der Waals surface area contributed by atoms with Crippen LogP contribution in [0, 0.1) is 6.92 Å². The van der Waals surface area contributed by atoms with Crippen LogP contribution in [0.1, 0.15) is 17.5 Å². The topological polar surface area (TPSA) is 73.3 Å².